The maximum atomic E-state index is 6.08. The van der Waals surface area contributed by atoms with E-state index in [0.29, 0.717) is 11.8 Å². The van der Waals surface area contributed by atoms with E-state index in [1.807, 2.05) is 6.07 Å². The maximum absolute atomic E-state index is 6.08. The zero-order valence-electron chi connectivity index (χ0n) is 10.7. The highest BCUT2D eigenvalue weighted by atomic mass is 35.5. The third kappa shape index (κ3) is 3.16. The third-order valence-electron chi connectivity index (χ3n) is 3.44. The fraction of sp³-hybridized carbons (Fsp3) is 0.600. The van der Waals surface area contributed by atoms with Crippen LogP contribution in [0.3, 0.4) is 0 Å². The molecule has 1 aliphatic rings. The van der Waals surface area contributed by atoms with Crippen LogP contribution < -0.4 is 4.74 Å². The van der Waals surface area contributed by atoms with Gasteiger partial charge in [-0.1, -0.05) is 32.0 Å². The normalized spacial score (nSPS) is 20.1. The Bertz CT molecular complexity index is 362. The van der Waals surface area contributed by atoms with Crippen molar-refractivity contribution >= 4 is 11.6 Å². The molecule has 2 unspecified atom stereocenters. The van der Waals surface area contributed by atoms with Crippen LogP contribution >= 0.6 is 11.6 Å². The average molecular weight is 253 g/mol. The molecule has 0 radical (unpaired) electrons. The van der Waals surface area contributed by atoms with Crippen molar-refractivity contribution in [2.24, 2.45) is 11.8 Å². The second kappa shape index (κ2) is 5.77. The van der Waals surface area contributed by atoms with Crippen molar-refractivity contribution in [3.8, 4) is 5.75 Å². The lowest BCUT2D eigenvalue weighted by atomic mass is 9.87. The highest BCUT2D eigenvalue weighted by Gasteiger charge is 2.26. The molecule has 0 amide bonds. The number of alkyl halides is 1. The third-order valence-corrected chi connectivity index (χ3v) is 3.88. The number of fused-ring (bicyclic) bond motifs is 1. The van der Waals surface area contributed by atoms with E-state index < -0.39 is 0 Å². The monoisotopic (exact) mass is 252 g/mol. The summed E-state index contributed by atoms with van der Waals surface area (Å²) in [6.07, 6.45) is 2.36. The van der Waals surface area contributed by atoms with Gasteiger partial charge in [0.25, 0.3) is 0 Å². The number of hydrogen-bond acceptors (Lipinski definition) is 1. The summed E-state index contributed by atoms with van der Waals surface area (Å²) in [7, 11) is 0. The standard InChI is InChI=1S/C15H21ClO/c1-11(2)7-12(9-16)8-13-10-17-15-6-4-3-5-14(13)15/h3-6,11-13H,7-10H2,1-2H3. The van der Waals surface area contributed by atoms with Gasteiger partial charge in [0.05, 0.1) is 6.61 Å². The smallest absolute Gasteiger partial charge is 0.122 e. The van der Waals surface area contributed by atoms with Gasteiger partial charge in [0.15, 0.2) is 0 Å². The first-order chi connectivity index (χ1) is 8.20. The lowest BCUT2D eigenvalue weighted by Crippen LogP contribution is -2.12. The summed E-state index contributed by atoms with van der Waals surface area (Å²) in [6, 6.07) is 8.38. The van der Waals surface area contributed by atoms with E-state index in [1.165, 1.54) is 12.0 Å². The molecular weight excluding hydrogens is 232 g/mol. The van der Waals surface area contributed by atoms with Crippen molar-refractivity contribution in [3.63, 3.8) is 0 Å². The molecule has 0 fully saturated rings. The van der Waals surface area contributed by atoms with Gasteiger partial charge in [0.2, 0.25) is 0 Å². The number of benzene rings is 1. The zero-order chi connectivity index (χ0) is 12.3. The predicted molar refractivity (Wildman–Crippen MR) is 73.0 cm³/mol. The molecule has 94 valence electrons. The summed E-state index contributed by atoms with van der Waals surface area (Å²) in [6.45, 7) is 5.35. The molecule has 2 atom stereocenters. The summed E-state index contributed by atoms with van der Waals surface area (Å²) in [5, 5.41) is 0. The SMILES string of the molecule is CC(C)CC(CCl)CC1COc2ccccc21. The lowest BCUT2D eigenvalue weighted by Gasteiger charge is -2.19. The molecule has 0 bridgehead atoms. The molecule has 0 spiro atoms. The van der Waals surface area contributed by atoms with Crippen LogP contribution in [0, 0.1) is 11.8 Å². The first-order valence-corrected chi connectivity index (χ1v) is 7.01. The van der Waals surface area contributed by atoms with E-state index >= 15 is 0 Å². The molecule has 1 aromatic carbocycles. The van der Waals surface area contributed by atoms with Gasteiger partial charge in [-0.15, -0.1) is 11.6 Å². The molecule has 1 aliphatic heterocycles. The Kier molecular flexibility index (Phi) is 4.33. The Morgan fingerprint density at radius 2 is 2.12 bits per heavy atom. The Morgan fingerprint density at radius 3 is 2.82 bits per heavy atom. The second-order valence-corrected chi connectivity index (χ2v) is 5.74. The van der Waals surface area contributed by atoms with Crippen LogP contribution in [0.1, 0.15) is 38.2 Å². The number of halogens is 1. The molecule has 1 heterocycles. The summed E-state index contributed by atoms with van der Waals surface area (Å²) in [5.74, 6) is 3.69. The maximum Gasteiger partial charge on any atom is 0.122 e. The van der Waals surface area contributed by atoms with Gasteiger partial charge >= 0.3 is 0 Å². The van der Waals surface area contributed by atoms with Crippen LogP contribution in [0.4, 0.5) is 0 Å². The topological polar surface area (TPSA) is 9.23 Å². The number of para-hydroxylation sites is 1. The molecule has 17 heavy (non-hydrogen) atoms. The summed E-state index contributed by atoms with van der Waals surface area (Å²) >= 11 is 6.08. The van der Waals surface area contributed by atoms with Gasteiger partial charge in [-0.3, -0.25) is 0 Å². The fourth-order valence-corrected chi connectivity index (χ4v) is 2.97. The van der Waals surface area contributed by atoms with Gasteiger partial charge in [-0.25, -0.2) is 0 Å². The van der Waals surface area contributed by atoms with Crippen LogP contribution in [0.15, 0.2) is 24.3 Å². The number of ether oxygens (including phenoxy) is 1. The lowest BCUT2D eigenvalue weighted by molar-refractivity contribution is 0.300. The van der Waals surface area contributed by atoms with Crippen LogP contribution in [0.25, 0.3) is 0 Å². The van der Waals surface area contributed by atoms with E-state index in [-0.39, 0.29) is 0 Å². The van der Waals surface area contributed by atoms with Crippen molar-refractivity contribution in [2.75, 3.05) is 12.5 Å². The minimum absolute atomic E-state index is 0.536. The molecule has 0 N–H and O–H groups in total. The molecule has 2 rings (SSSR count). The second-order valence-electron chi connectivity index (χ2n) is 5.43. The molecule has 2 heteroatoms. The van der Waals surface area contributed by atoms with Gasteiger partial charge in [-0.05, 0) is 30.7 Å². The van der Waals surface area contributed by atoms with Crippen LogP contribution in [-0.4, -0.2) is 12.5 Å². The minimum Gasteiger partial charge on any atom is -0.493 e. The molecule has 0 aromatic heterocycles. The van der Waals surface area contributed by atoms with Gasteiger partial charge in [0.1, 0.15) is 5.75 Å². The van der Waals surface area contributed by atoms with Gasteiger partial charge in [-0.2, -0.15) is 0 Å². The highest BCUT2D eigenvalue weighted by Crippen LogP contribution is 2.38. The molecule has 0 aliphatic carbocycles. The first kappa shape index (κ1) is 12.8. The number of rotatable bonds is 5. The number of hydrogen-bond donors (Lipinski definition) is 0. The Morgan fingerprint density at radius 1 is 1.35 bits per heavy atom. The van der Waals surface area contributed by atoms with E-state index in [4.69, 9.17) is 16.3 Å². The van der Waals surface area contributed by atoms with Crippen LogP contribution in [0.2, 0.25) is 0 Å². The fourth-order valence-electron chi connectivity index (χ4n) is 2.72. The predicted octanol–water partition coefficient (Wildman–Crippen LogP) is 4.45. The van der Waals surface area contributed by atoms with Crippen LogP contribution in [0.5, 0.6) is 5.75 Å². The largest absolute Gasteiger partial charge is 0.493 e. The Balaban J connectivity index is 2.00. The van der Waals surface area contributed by atoms with Crippen molar-refractivity contribution in [2.45, 2.75) is 32.6 Å². The highest BCUT2D eigenvalue weighted by molar-refractivity contribution is 6.18. The summed E-state index contributed by atoms with van der Waals surface area (Å²) in [5.41, 5.74) is 1.37. The Hall–Kier alpha value is -0.690. The van der Waals surface area contributed by atoms with E-state index in [1.54, 1.807) is 0 Å². The van der Waals surface area contributed by atoms with Crippen molar-refractivity contribution in [1.29, 1.82) is 0 Å². The van der Waals surface area contributed by atoms with E-state index in [9.17, 15) is 0 Å². The average Bonchev–Trinajstić information content (AvgIpc) is 2.71. The molecule has 0 saturated carbocycles. The van der Waals surface area contributed by atoms with Crippen molar-refractivity contribution < 1.29 is 4.74 Å². The molecule has 1 aromatic rings. The summed E-state index contributed by atoms with van der Waals surface area (Å²) < 4.78 is 5.72. The van der Waals surface area contributed by atoms with Crippen LogP contribution in [-0.2, 0) is 0 Å². The van der Waals surface area contributed by atoms with Crippen molar-refractivity contribution in [3.05, 3.63) is 29.8 Å². The zero-order valence-corrected chi connectivity index (χ0v) is 11.4. The Labute approximate surface area is 109 Å². The molecule has 1 nitrogen and oxygen atoms in total. The van der Waals surface area contributed by atoms with E-state index in [0.717, 1.165) is 30.6 Å². The molecule has 0 saturated heterocycles. The van der Waals surface area contributed by atoms with E-state index in [2.05, 4.69) is 32.0 Å². The summed E-state index contributed by atoms with van der Waals surface area (Å²) in [4.78, 5) is 0. The first-order valence-electron chi connectivity index (χ1n) is 6.48. The minimum atomic E-state index is 0.536. The molecular formula is C15H21ClO. The van der Waals surface area contributed by atoms with Crippen molar-refractivity contribution in [1.82, 2.24) is 0 Å². The van der Waals surface area contributed by atoms with Gasteiger partial charge < -0.3 is 4.74 Å². The van der Waals surface area contributed by atoms with Gasteiger partial charge in [0, 0.05) is 17.4 Å². The quantitative estimate of drug-likeness (QED) is 0.704.